The number of hydrogen-bond acceptors (Lipinski definition) is 4. The van der Waals surface area contributed by atoms with Crippen molar-refractivity contribution in [1.29, 1.82) is 0 Å². The molecule has 0 spiro atoms. The van der Waals surface area contributed by atoms with Gasteiger partial charge in [0, 0.05) is 12.0 Å². The summed E-state index contributed by atoms with van der Waals surface area (Å²) in [7, 11) is 3.02. The maximum Gasteiger partial charge on any atom is 0.273 e. The normalized spacial score (nSPS) is 15.0. The minimum absolute atomic E-state index is 0.00758. The lowest BCUT2D eigenvalue weighted by Crippen LogP contribution is -2.45. The second-order valence-electron chi connectivity index (χ2n) is 5.34. The molecule has 2 rings (SSSR count). The van der Waals surface area contributed by atoms with E-state index in [-0.39, 0.29) is 11.8 Å². The van der Waals surface area contributed by atoms with Crippen LogP contribution in [0.25, 0.3) is 0 Å². The van der Waals surface area contributed by atoms with Crippen molar-refractivity contribution in [3.8, 4) is 11.5 Å². The summed E-state index contributed by atoms with van der Waals surface area (Å²) in [4.78, 5) is 24.2. The summed E-state index contributed by atoms with van der Waals surface area (Å²) in [6.45, 7) is 0. The number of amides is 2. The third-order valence-electron chi connectivity index (χ3n) is 3.93. The molecule has 0 atom stereocenters. The molecule has 1 aliphatic carbocycles. The number of carbonyl (C=O) groups is 2. The molecule has 0 aromatic heterocycles. The first kappa shape index (κ1) is 16.1. The zero-order valence-corrected chi connectivity index (χ0v) is 13.0. The lowest BCUT2D eigenvalue weighted by Gasteiger charge is -2.21. The fourth-order valence-electron chi connectivity index (χ4n) is 2.64. The van der Waals surface area contributed by atoms with Crippen LogP contribution in [0.2, 0.25) is 0 Å². The molecule has 0 unspecified atom stereocenters. The predicted molar refractivity (Wildman–Crippen MR) is 81.7 cm³/mol. The van der Waals surface area contributed by atoms with Gasteiger partial charge in [-0.2, -0.15) is 0 Å². The van der Waals surface area contributed by atoms with Gasteiger partial charge in [0.1, 0.15) is 11.5 Å². The molecular weight excluding hydrogens is 284 g/mol. The van der Waals surface area contributed by atoms with Gasteiger partial charge in [0.05, 0.1) is 19.8 Å². The van der Waals surface area contributed by atoms with Crippen LogP contribution in [0, 0.1) is 5.92 Å². The Labute approximate surface area is 130 Å². The van der Waals surface area contributed by atoms with Crippen molar-refractivity contribution in [2.45, 2.75) is 32.1 Å². The Morgan fingerprint density at radius 2 is 1.77 bits per heavy atom. The Morgan fingerprint density at radius 1 is 1.05 bits per heavy atom. The maximum atomic E-state index is 12.2. The lowest BCUT2D eigenvalue weighted by atomic mass is 9.89. The molecule has 6 nitrogen and oxygen atoms in total. The van der Waals surface area contributed by atoms with E-state index in [2.05, 4.69) is 10.9 Å². The van der Waals surface area contributed by atoms with E-state index in [1.807, 2.05) is 0 Å². The number of hydrogen-bond donors (Lipinski definition) is 2. The van der Waals surface area contributed by atoms with Gasteiger partial charge in [0.2, 0.25) is 5.91 Å². The van der Waals surface area contributed by atoms with Crippen molar-refractivity contribution in [2.24, 2.45) is 5.92 Å². The Balaban J connectivity index is 1.95. The van der Waals surface area contributed by atoms with Gasteiger partial charge >= 0.3 is 0 Å². The van der Waals surface area contributed by atoms with Crippen molar-refractivity contribution in [3.63, 3.8) is 0 Å². The minimum atomic E-state index is -0.413. The van der Waals surface area contributed by atoms with Crippen molar-refractivity contribution in [1.82, 2.24) is 10.9 Å². The highest BCUT2D eigenvalue weighted by molar-refractivity contribution is 5.98. The zero-order chi connectivity index (χ0) is 15.9. The summed E-state index contributed by atoms with van der Waals surface area (Å²) in [5, 5.41) is 0. The van der Waals surface area contributed by atoms with E-state index in [4.69, 9.17) is 9.47 Å². The van der Waals surface area contributed by atoms with E-state index < -0.39 is 5.91 Å². The largest absolute Gasteiger partial charge is 0.497 e. The van der Waals surface area contributed by atoms with E-state index in [0.717, 1.165) is 25.7 Å². The van der Waals surface area contributed by atoms with Gasteiger partial charge in [-0.15, -0.1) is 0 Å². The van der Waals surface area contributed by atoms with Crippen LogP contribution >= 0.6 is 0 Å². The van der Waals surface area contributed by atoms with Gasteiger partial charge in [-0.25, -0.2) is 0 Å². The number of carbonyl (C=O) groups excluding carboxylic acids is 2. The third-order valence-corrected chi connectivity index (χ3v) is 3.93. The molecule has 2 N–H and O–H groups in total. The number of ether oxygens (including phenoxy) is 2. The van der Waals surface area contributed by atoms with Crippen LogP contribution in [-0.4, -0.2) is 26.0 Å². The maximum absolute atomic E-state index is 12.2. The number of methoxy groups -OCH3 is 2. The summed E-state index contributed by atoms with van der Waals surface area (Å²) in [5.74, 6) is 0.444. The Hall–Kier alpha value is -2.24. The molecule has 22 heavy (non-hydrogen) atoms. The molecule has 0 heterocycles. The molecule has 0 radical (unpaired) electrons. The fraction of sp³-hybridized carbons (Fsp3) is 0.500. The fourth-order valence-corrected chi connectivity index (χ4v) is 2.64. The summed E-state index contributed by atoms with van der Waals surface area (Å²) >= 11 is 0. The molecule has 1 aromatic rings. The number of nitrogens with one attached hydrogen (secondary N) is 2. The molecule has 2 amide bonds. The summed E-state index contributed by atoms with van der Waals surface area (Å²) < 4.78 is 10.3. The Bertz CT molecular complexity index is 539. The van der Waals surface area contributed by atoms with Crippen LogP contribution in [-0.2, 0) is 4.79 Å². The molecule has 120 valence electrons. The van der Waals surface area contributed by atoms with E-state index in [9.17, 15) is 9.59 Å². The highest BCUT2D eigenvalue weighted by Crippen LogP contribution is 2.25. The molecule has 0 aliphatic heterocycles. The zero-order valence-electron chi connectivity index (χ0n) is 13.0. The van der Waals surface area contributed by atoms with Crippen LogP contribution in [0.15, 0.2) is 18.2 Å². The molecule has 1 aliphatic rings. The van der Waals surface area contributed by atoms with Gasteiger partial charge in [-0.1, -0.05) is 19.3 Å². The Morgan fingerprint density at radius 3 is 2.41 bits per heavy atom. The van der Waals surface area contributed by atoms with Crippen molar-refractivity contribution < 1.29 is 19.1 Å². The first-order valence-corrected chi connectivity index (χ1v) is 7.48. The standard InChI is InChI=1S/C16H22N2O4/c1-21-12-8-9-13(14(10-12)22-2)16(20)18-17-15(19)11-6-4-3-5-7-11/h8-11H,3-7H2,1-2H3,(H,17,19)(H,18,20). The van der Waals surface area contributed by atoms with Crippen LogP contribution in [0.4, 0.5) is 0 Å². The van der Waals surface area contributed by atoms with E-state index in [0.29, 0.717) is 17.1 Å². The van der Waals surface area contributed by atoms with Gasteiger partial charge in [0.25, 0.3) is 5.91 Å². The monoisotopic (exact) mass is 306 g/mol. The van der Waals surface area contributed by atoms with E-state index >= 15 is 0 Å². The number of rotatable bonds is 4. The molecule has 1 fully saturated rings. The van der Waals surface area contributed by atoms with Gasteiger partial charge in [-0.3, -0.25) is 20.4 Å². The molecular formula is C16H22N2O4. The van der Waals surface area contributed by atoms with Gasteiger partial charge in [-0.05, 0) is 25.0 Å². The summed E-state index contributed by atoms with van der Waals surface area (Å²) in [5.41, 5.74) is 5.29. The van der Waals surface area contributed by atoms with E-state index in [1.165, 1.54) is 13.5 Å². The van der Waals surface area contributed by atoms with Crippen molar-refractivity contribution in [2.75, 3.05) is 14.2 Å². The molecule has 0 saturated heterocycles. The van der Waals surface area contributed by atoms with Crippen LogP contribution in [0.3, 0.4) is 0 Å². The molecule has 1 aromatic carbocycles. The highest BCUT2D eigenvalue weighted by Gasteiger charge is 2.22. The molecule has 0 bridgehead atoms. The van der Waals surface area contributed by atoms with Gasteiger partial charge in [0.15, 0.2) is 0 Å². The summed E-state index contributed by atoms with van der Waals surface area (Å²) in [6.07, 6.45) is 5.08. The molecule has 6 heteroatoms. The minimum Gasteiger partial charge on any atom is -0.497 e. The van der Waals surface area contributed by atoms with Crippen molar-refractivity contribution >= 4 is 11.8 Å². The average molecular weight is 306 g/mol. The lowest BCUT2D eigenvalue weighted by molar-refractivity contribution is -0.126. The first-order chi connectivity index (χ1) is 10.7. The number of hydrazine groups is 1. The van der Waals surface area contributed by atoms with Crippen molar-refractivity contribution in [3.05, 3.63) is 23.8 Å². The van der Waals surface area contributed by atoms with Crippen LogP contribution < -0.4 is 20.3 Å². The average Bonchev–Trinajstić information content (AvgIpc) is 2.59. The second-order valence-corrected chi connectivity index (χ2v) is 5.34. The topological polar surface area (TPSA) is 76.7 Å². The van der Waals surface area contributed by atoms with Crippen LogP contribution in [0.1, 0.15) is 42.5 Å². The van der Waals surface area contributed by atoms with Crippen LogP contribution in [0.5, 0.6) is 11.5 Å². The predicted octanol–water partition coefficient (Wildman–Crippen LogP) is 2.05. The second kappa shape index (κ2) is 7.68. The number of benzene rings is 1. The SMILES string of the molecule is COc1ccc(C(=O)NNC(=O)C2CCCCC2)c(OC)c1. The van der Waals surface area contributed by atoms with E-state index in [1.54, 1.807) is 25.3 Å². The quantitative estimate of drug-likeness (QED) is 0.835. The Kier molecular flexibility index (Phi) is 5.63. The third kappa shape index (κ3) is 3.90. The highest BCUT2D eigenvalue weighted by atomic mass is 16.5. The van der Waals surface area contributed by atoms with Gasteiger partial charge < -0.3 is 9.47 Å². The smallest absolute Gasteiger partial charge is 0.273 e. The first-order valence-electron chi connectivity index (χ1n) is 7.48. The summed E-state index contributed by atoms with van der Waals surface area (Å²) in [6, 6.07) is 4.89. The molecule has 1 saturated carbocycles.